The summed E-state index contributed by atoms with van der Waals surface area (Å²) in [7, 11) is 0. The van der Waals surface area contributed by atoms with Gasteiger partial charge in [0, 0.05) is 19.4 Å². The van der Waals surface area contributed by atoms with Crippen LogP contribution in [0.25, 0.3) is 0 Å². The van der Waals surface area contributed by atoms with Crippen LogP contribution in [0.1, 0.15) is 124 Å². The molecule has 1 aromatic carbocycles. The average Bonchev–Trinajstić information content (AvgIpc) is 3.41. The highest BCUT2D eigenvalue weighted by Crippen LogP contribution is 2.12. The molecule has 1 aliphatic heterocycles. The number of nitrogens with two attached hydrogens (primary N) is 4. The van der Waals surface area contributed by atoms with Gasteiger partial charge in [-0.15, -0.1) is 12.4 Å². The first kappa shape index (κ1) is 74.5. The number of aliphatic hydroxyl groups is 2. The van der Waals surface area contributed by atoms with Crippen LogP contribution in [0, 0.1) is 5.92 Å². The third-order valence-corrected chi connectivity index (χ3v) is 13.4. The molecule has 0 spiro atoms. The Labute approximate surface area is 492 Å². The second kappa shape index (κ2) is 39.8. The molecule has 1 aliphatic rings. The smallest absolute Gasteiger partial charge is 0.245 e. The molecule has 0 saturated carbocycles. The highest BCUT2D eigenvalue weighted by atomic mass is 35.5. The molecule has 0 unspecified atom stereocenters. The van der Waals surface area contributed by atoms with Crippen LogP contribution in [0.2, 0.25) is 0 Å². The number of carbonyl (C=O) groups excluding carboxylic acids is 11. The van der Waals surface area contributed by atoms with E-state index >= 15 is 0 Å². The van der Waals surface area contributed by atoms with E-state index in [1.807, 2.05) is 0 Å². The van der Waals surface area contributed by atoms with Crippen LogP contribution >= 0.6 is 12.4 Å². The minimum absolute atomic E-state index is 0. The van der Waals surface area contributed by atoms with E-state index in [1.165, 1.54) is 20.8 Å². The average molecular weight is 1200 g/mol. The number of nitrogens with one attached hydrogen (secondary N) is 11. The molecule has 1 saturated heterocycles. The molecule has 28 nitrogen and oxygen atoms in total. The summed E-state index contributed by atoms with van der Waals surface area (Å²) in [6.07, 6.45) is 0.249. The minimum atomic E-state index is -1.68. The first-order valence-electron chi connectivity index (χ1n) is 28.4. The Bertz CT molecular complexity index is 2250. The van der Waals surface area contributed by atoms with Crippen molar-refractivity contribution in [2.24, 2.45) is 28.9 Å². The summed E-state index contributed by atoms with van der Waals surface area (Å²) in [6.45, 7) is 8.34. The van der Waals surface area contributed by atoms with E-state index < -0.39 is 145 Å². The van der Waals surface area contributed by atoms with Crippen molar-refractivity contribution in [2.75, 3.05) is 32.7 Å². The molecule has 2 rings (SSSR count). The lowest BCUT2D eigenvalue weighted by Gasteiger charge is -2.28. The van der Waals surface area contributed by atoms with E-state index in [4.69, 9.17) is 22.9 Å². The van der Waals surface area contributed by atoms with Crippen molar-refractivity contribution in [3.63, 3.8) is 0 Å². The molecule has 0 aliphatic carbocycles. The van der Waals surface area contributed by atoms with Crippen LogP contribution in [0.15, 0.2) is 30.3 Å². The van der Waals surface area contributed by atoms with Crippen LogP contribution in [-0.2, 0) is 59.2 Å². The highest BCUT2D eigenvalue weighted by Gasteiger charge is 2.37. The third-order valence-electron chi connectivity index (χ3n) is 13.4. The molecule has 83 heavy (non-hydrogen) atoms. The fourth-order valence-corrected chi connectivity index (χ4v) is 8.73. The minimum Gasteiger partial charge on any atom is -0.391 e. The van der Waals surface area contributed by atoms with Gasteiger partial charge in [0.15, 0.2) is 0 Å². The number of carbonyl (C=O) groups is 11. The van der Waals surface area contributed by atoms with E-state index in [0.29, 0.717) is 12.0 Å². The number of aliphatic hydroxyl groups excluding tert-OH is 2. The largest absolute Gasteiger partial charge is 0.391 e. The van der Waals surface area contributed by atoms with Crippen molar-refractivity contribution < 1.29 is 63.0 Å². The Morgan fingerprint density at radius 3 is 1.61 bits per heavy atom. The van der Waals surface area contributed by atoms with E-state index in [-0.39, 0.29) is 95.4 Å². The van der Waals surface area contributed by atoms with Gasteiger partial charge in [0.05, 0.1) is 12.2 Å². The molecule has 470 valence electrons. The quantitative estimate of drug-likeness (QED) is 0.0370. The summed E-state index contributed by atoms with van der Waals surface area (Å²) in [4.78, 5) is 153. The topological polar surface area (TPSA) is 465 Å². The molecule has 11 amide bonds. The van der Waals surface area contributed by atoms with E-state index in [2.05, 4.69) is 65.4 Å². The van der Waals surface area contributed by atoms with Crippen LogP contribution < -0.4 is 81.4 Å². The van der Waals surface area contributed by atoms with Crippen LogP contribution in [-0.4, -0.2) is 181 Å². The van der Waals surface area contributed by atoms with Gasteiger partial charge in [-0.3, -0.25) is 52.7 Å². The van der Waals surface area contributed by atoms with Crippen LogP contribution in [0.3, 0.4) is 0 Å². The monoisotopic (exact) mass is 1200 g/mol. The first-order valence-corrected chi connectivity index (χ1v) is 28.4. The van der Waals surface area contributed by atoms with Crippen molar-refractivity contribution in [1.82, 2.24) is 58.5 Å². The number of amides is 11. The summed E-state index contributed by atoms with van der Waals surface area (Å²) in [5.41, 5.74) is 24.1. The third kappa shape index (κ3) is 27.1. The number of unbranched alkanes of at least 4 members (excludes halogenated alkanes) is 4. The van der Waals surface area contributed by atoms with Gasteiger partial charge in [0.2, 0.25) is 65.0 Å². The number of hydrogen-bond acceptors (Lipinski definition) is 17. The molecule has 1 heterocycles. The Hall–Kier alpha value is -6.56. The molecule has 12 atom stereocenters. The molecule has 0 aromatic heterocycles. The molecule has 0 radical (unpaired) electrons. The number of halogens is 1. The fourth-order valence-electron chi connectivity index (χ4n) is 8.73. The van der Waals surface area contributed by atoms with Gasteiger partial charge < -0.3 is 91.6 Å². The van der Waals surface area contributed by atoms with Gasteiger partial charge in [-0.25, -0.2) is 0 Å². The normalized spacial score (nSPS) is 22.6. The second-order valence-corrected chi connectivity index (χ2v) is 21.0. The molecule has 21 N–H and O–H groups in total. The van der Waals surface area contributed by atoms with Crippen molar-refractivity contribution >= 4 is 77.4 Å². The zero-order valence-corrected chi connectivity index (χ0v) is 49.5. The first-order chi connectivity index (χ1) is 38.9. The van der Waals surface area contributed by atoms with Gasteiger partial charge >= 0.3 is 0 Å². The van der Waals surface area contributed by atoms with E-state index in [1.54, 1.807) is 44.2 Å². The molecular weight excluding hydrogens is 1100 g/mol. The van der Waals surface area contributed by atoms with Crippen molar-refractivity contribution in [1.29, 1.82) is 0 Å². The van der Waals surface area contributed by atoms with Gasteiger partial charge in [-0.2, -0.15) is 0 Å². The maximum Gasteiger partial charge on any atom is 0.245 e. The van der Waals surface area contributed by atoms with Crippen LogP contribution in [0.5, 0.6) is 0 Å². The van der Waals surface area contributed by atoms with Crippen molar-refractivity contribution in [3.8, 4) is 0 Å². The number of hydrogen-bond donors (Lipinski definition) is 17. The second-order valence-electron chi connectivity index (χ2n) is 21.0. The lowest BCUT2D eigenvalue weighted by Crippen LogP contribution is -2.62. The van der Waals surface area contributed by atoms with Crippen molar-refractivity contribution in [3.05, 3.63) is 35.9 Å². The lowest BCUT2D eigenvalue weighted by molar-refractivity contribution is -0.137. The molecule has 0 bridgehead atoms. The van der Waals surface area contributed by atoms with Crippen LogP contribution in [0.4, 0.5) is 0 Å². The fraction of sp³-hybridized carbons (Fsp3) is 0.685. The summed E-state index contributed by atoms with van der Waals surface area (Å²) in [5.74, 6) is -9.82. The van der Waals surface area contributed by atoms with E-state index in [9.17, 15) is 63.0 Å². The predicted octanol–water partition coefficient (Wildman–Crippen LogP) is -4.40. The Balaban J connectivity index is 0.0000344. The van der Waals surface area contributed by atoms with Gasteiger partial charge in [-0.05, 0) is 103 Å². The lowest BCUT2D eigenvalue weighted by atomic mass is 10.00. The molecular formula is C54H94ClN15O13. The number of benzene rings is 1. The van der Waals surface area contributed by atoms with Gasteiger partial charge in [0.1, 0.15) is 60.4 Å². The maximum atomic E-state index is 14.5. The molecule has 29 heteroatoms. The molecule has 1 fully saturated rings. The Kier molecular flexibility index (Phi) is 35.7. The van der Waals surface area contributed by atoms with Crippen molar-refractivity contribution in [2.45, 2.75) is 198 Å². The summed E-state index contributed by atoms with van der Waals surface area (Å²) >= 11 is 0. The summed E-state index contributed by atoms with van der Waals surface area (Å²) < 4.78 is 0. The Morgan fingerprint density at radius 1 is 0.590 bits per heavy atom. The highest BCUT2D eigenvalue weighted by molar-refractivity contribution is 5.99. The Morgan fingerprint density at radius 2 is 1.10 bits per heavy atom. The standard InChI is InChI=1S/C54H93N15O13.ClH/c1-7-8-9-10-14-17-42(72)60-31(4)45(73)68-44(33(6)71)54(82)65-37(20-25-57)47(75)64-39-22-27-59-53(81)43(32(5)70)69-50(78)38(21-26-58)62-46(74)35(18-23-55)63-51(79)40(28-30(2)3)66-52(80)41(29-34-15-12-11-13-16-34)67-48(76)36(19-24-56)61-49(39)77;/h11-13,15-16,30-33,35-41,43-44,70-71H,7-10,14,17-29,55-58H2,1-6H3,(H,59,81)(H,60,72)(H,61,77)(H,62,74)(H,63,79)(H,64,75)(H,65,82)(H,66,80)(H,67,76)(H,68,73)(H,69,78);1H/t31-,32+,33+,35-,36-,37-,38-,39-,40-,41+,43-,44-;/m0./s1. The zero-order chi connectivity index (χ0) is 61.5. The maximum absolute atomic E-state index is 14.5. The van der Waals surface area contributed by atoms with Gasteiger partial charge in [-0.1, -0.05) is 76.8 Å². The summed E-state index contributed by atoms with van der Waals surface area (Å²) in [6, 6.07) is -6.04. The SMILES string of the molecule is CCCCCCCC(=O)N[C@@H](C)C(=O)N[C@H](C(=O)N[C@@H](CCN)C(=O)N[C@H]1CCNC(=O)[C@H]([C@@H](C)O)NC(=O)[C@H](CCN)NC(=O)[C@H](CCN)NC(=O)[C@H](CC(C)C)NC(=O)[C@@H](Cc2ccccc2)NC(=O)[C@H](CCN)NC1=O)[C@@H](C)O.Cl. The number of rotatable bonds is 27. The zero-order valence-electron chi connectivity index (χ0n) is 48.7. The van der Waals surface area contributed by atoms with E-state index in [0.717, 1.165) is 25.7 Å². The van der Waals surface area contributed by atoms with Gasteiger partial charge in [0.25, 0.3) is 0 Å². The molecule has 1 aromatic rings. The summed E-state index contributed by atoms with van der Waals surface area (Å²) in [5, 5.41) is 49.4. The predicted molar refractivity (Wildman–Crippen MR) is 311 cm³/mol.